The second-order valence-corrected chi connectivity index (χ2v) is 7.68. The molecule has 1 aliphatic heterocycles. The van der Waals surface area contributed by atoms with Crippen molar-refractivity contribution in [3.63, 3.8) is 0 Å². The first-order chi connectivity index (χ1) is 13.9. The number of hydrogen-bond acceptors (Lipinski definition) is 4. The number of thiazole rings is 1. The van der Waals surface area contributed by atoms with Crippen LogP contribution in [0, 0.1) is 0 Å². The van der Waals surface area contributed by atoms with E-state index in [1.54, 1.807) is 11.3 Å². The summed E-state index contributed by atoms with van der Waals surface area (Å²) in [6.07, 6.45) is 2.08. The van der Waals surface area contributed by atoms with E-state index in [-0.39, 0.29) is 0 Å². The minimum atomic E-state index is 0.721. The fraction of sp³-hybridized carbons (Fsp3) is 0.0455. The van der Waals surface area contributed by atoms with Gasteiger partial charge in [0, 0.05) is 17.3 Å². The number of nitrogens with zero attached hydrogens (tertiary/aromatic N) is 5. The molecule has 0 N–H and O–H groups in total. The first kappa shape index (κ1) is 15.5. The van der Waals surface area contributed by atoms with Crippen LogP contribution in [0.1, 0.15) is 5.69 Å². The molecule has 0 amide bonds. The average Bonchev–Trinajstić information content (AvgIpc) is 3.46. The average molecular weight is 381 g/mol. The Hall–Kier alpha value is -3.51. The molecule has 6 rings (SSSR count). The van der Waals surface area contributed by atoms with Crippen LogP contribution in [0.4, 0.5) is 0 Å². The molecule has 0 aliphatic carbocycles. The van der Waals surface area contributed by atoms with Gasteiger partial charge in [-0.05, 0) is 12.1 Å². The molecule has 0 spiro atoms. The van der Waals surface area contributed by atoms with Gasteiger partial charge < -0.3 is 4.57 Å². The predicted molar refractivity (Wildman–Crippen MR) is 110 cm³/mol. The first-order valence-corrected chi connectivity index (χ1v) is 9.92. The van der Waals surface area contributed by atoms with Crippen molar-refractivity contribution in [2.45, 2.75) is 6.54 Å². The first-order valence-electron chi connectivity index (χ1n) is 9.10. The van der Waals surface area contributed by atoms with Crippen molar-refractivity contribution in [3.8, 4) is 38.5 Å². The number of benzene rings is 2. The van der Waals surface area contributed by atoms with Crippen molar-refractivity contribution in [2.75, 3.05) is 0 Å². The maximum Gasteiger partial charge on any atom is 0.186 e. The van der Waals surface area contributed by atoms with E-state index < -0.39 is 0 Å². The van der Waals surface area contributed by atoms with Crippen LogP contribution in [0.25, 0.3) is 38.5 Å². The van der Waals surface area contributed by atoms with Gasteiger partial charge in [0.15, 0.2) is 11.6 Å². The quantitative estimate of drug-likeness (QED) is 0.429. The zero-order chi connectivity index (χ0) is 18.5. The third-order valence-corrected chi connectivity index (χ3v) is 6.11. The van der Waals surface area contributed by atoms with Crippen LogP contribution in [0.3, 0.4) is 0 Å². The lowest BCUT2D eigenvalue weighted by Crippen LogP contribution is -1.99. The topological polar surface area (TPSA) is 48.5 Å². The summed E-state index contributed by atoms with van der Waals surface area (Å²) in [6, 6.07) is 24.7. The Labute approximate surface area is 165 Å². The number of aromatic nitrogens is 5. The van der Waals surface area contributed by atoms with E-state index in [4.69, 9.17) is 4.98 Å². The molecule has 6 heteroatoms. The van der Waals surface area contributed by atoms with Crippen molar-refractivity contribution >= 4 is 11.3 Å². The van der Waals surface area contributed by atoms with Crippen LogP contribution >= 0.6 is 11.3 Å². The van der Waals surface area contributed by atoms with Crippen molar-refractivity contribution in [3.05, 3.63) is 84.7 Å². The van der Waals surface area contributed by atoms with E-state index >= 15 is 0 Å². The summed E-state index contributed by atoms with van der Waals surface area (Å²) in [6.45, 7) is 0.721. The fourth-order valence-corrected chi connectivity index (χ4v) is 4.74. The van der Waals surface area contributed by atoms with Crippen LogP contribution in [-0.2, 0) is 6.54 Å². The van der Waals surface area contributed by atoms with Gasteiger partial charge in [-0.3, -0.25) is 4.57 Å². The highest BCUT2D eigenvalue weighted by Crippen LogP contribution is 2.39. The molecule has 5 nitrogen and oxygen atoms in total. The molecule has 0 saturated heterocycles. The molecule has 0 radical (unpaired) electrons. The highest BCUT2D eigenvalue weighted by atomic mass is 32.1. The van der Waals surface area contributed by atoms with Gasteiger partial charge in [0.2, 0.25) is 0 Å². The second kappa shape index (κ2) is 6.00. The molecular formula is C22H15N5S. The Morgan fingerprint density at radius 2 is 1.46 bits per heavy atom. The molecule has 3 aromatic heterocycles. The summed E-state index contributed by atoms with van der Waals surface area (Å²) in [5, 5.41) is 11.2. The van der Waals surface area contributed by atoms with E-state index in [2.05, 4.69) is 55.9 Å². The molecule has 0 saturated carbocycles. The van der Waals surface area contributed by atoms with Gasteiger partial charge in [-0.1, -0.05) is 72.0 Å². The molecular weight excluding hydrogens is 366 g/mol. The summed E-state index contributed by atoms with van der Waals surface area (Å²) in [7, 11) is 0. The van der Waals surface area contributed by atoms with Gasteiger partial charge in [-0.15, -0.1) is 10.2 Å². The van der Waals surface area contributed by atoms with Gasteiger partial charge in [0.05, 0.1) is 17.9 Å². The molecule has 5 aromatic rings. The third kappa shape index (κ3) is 2.28. The van der Waals surface area contributed by atoms with Crippen molar-refractivity contribution in [1.29, 1.82) is 0 Å². The minimum Gasteiger partial charge on any atom is -0.339 e. The molecule has 134 valence electrons. The number of rotatable bonds is 2. The normalized spacial score (nSPS) is 12.1. The van der Waals surface area contributed by atoms with E-state index in [0.717, 1.165) is 50.7 Å². The van der Waals surface area contributed by atoms with Crippen LogP contribution < -0.4 is 0 Å². The summed E-state index contributed by atoms with van der Waals surface area (Å²) in [5.74, 6) is 1.70. The Morgan fingerprint density at radius 3 is 2.25 bits per heavy atom. The predicted octanol–water partition coefficient (Wildman–Crippen LogP) is 4.89. The largest absolute Gasteiger partial charge is 0.339 e. The second-order valence-electron chi connectivity index (χ2n) is 6.71. The van der Waals surface area contributed by atoms with E-state index in [0.29, 0.717) is 0 Å². The molecule has 1 aliphatic rings. The lowest BCUT2D eigenvalue weighted by molar-refractivity contribution is 0.797. The Morgan fingerprint density at radius 1 is 0.750 bits per heavy atom. The zero-order valence-electron chi connectivity index (χ0n) is 14.9. The molecule has 28 heavy (non-hydrogen) atoms. The van der Waals surface area contributed by atoms with Crippen molar-refractivity contribution < 1.29 is 0 Å². The lowest BCUT2D eigenvalue weighted by atomic mass is 10.2. The summed E-state index contributed by atoms with van der Waals surface area (Å²) in [5.41, 5.74) is 4.27. The molecule has 2 aromatic carbocycles. The van der Waals surface area contributed by atoms with Crippen LogP contribution in [-0.4, -0.2) is 24.3 Å². The van der Waals surface area contributed by atoms with E-state index in [1.807, 2.05) is 42.5 Å². The molecule has 0 bridgehead atoms. The SMILES string of the molecule is c1ccc(-c2nc3c(s2)-n2c(-c4ccccc4)nnc2-c2cccn2C3)cc1. The summed E-state index contributed by atoms with van der Waals surface area (Å²) >= 11 is 1.69. The fourth-order valence-electron chi connectivity index (χ4n) is 3.66. The van der Waals surface area contributed by atoms with E-state index in [9.17, 15) is 0 Å². The minimum absolute atomic E-state index is 0.721. The lowest BCUT2D eigenvalue weighted by Gasteiger charge is -2.06. The molecule has 0 atom stereocenters. The van der Waals surface area contributed by atoms with Crippen LogP contribution in [0.15, 0.2) is 79.0 Å². The van der Waals surface area contributed by atoms with Gasteiger partial charge in [-0.2, -0.15) is 0 Å². The monoisotopic (exact) mass is 381 g/mol. The number of fused-ring (bicyclic) bond motifs is 5. The van der Waals surface area contributed by atoms with Gasteiger partial charge in [0.25, 0.3) is 0 Å². The van der Waals surface area contributed by atoms with Gasteiger partial charge in [-0.25, -0.2) is 4.98 Å². The van der Waals surface area contributed by atoms with E-state index in [1.165, 1.54) is 0 Å². The van der Waals surface area contributed by atoms with Crippen LogP contribution in [0.2, 0.25) is 0 Å². The van der Waals surface area contributed by atoms with Crippen LogP contribution in [0.5, 0.6) is 0 Å². The Kier molecular flexibility index (Phi) is 3.33. The molecule has 4 heterocycles. The summed E-state index contributed by atoms with van der Waals surface area (Å²) in [4.78, 5) is 4.99. The van der Waals surface area contributed by atoms with Crippen molar-refractivity contribution in [1.82, 2.24) is 24.3 Å². The smallest absolute Gasteiger partial charge is 0.186 e. The Bertz CT molecular complexity index is 1280. The summed E-state index contributed by atoms with van der Waals surface area (Å²) < 4.78 is 4.35. The third-order valence-electron chi connectivity index (χ3n) is 4.97. The van der Waals surface area contributed by atoms with Gasteiger partial charge >= 0.3 is 0 Å². The van der Waals surface area contributed by atoms with Gasteiger partial charge in [0.1, 0.15) is 10.0 Å². The number of hydrogen-bond donors (Lipinski definition) is 0. The standard InChI is InChI=1S/C22H15N5S/c1-3-8-15(9-4-1)19-24-25-20-18-12-7-13-26(18)14-17-22(27(19)20)28-21(23-17)16-10-5-2-6-11-16/h1-13H,14H2. The highest BCUT2D eigenvalue weighted by molar-refractivity contribution is 7.17. The zero-order valence-corrected chi connectivity index (χ0v) is 15.7. The highest BCUT2D eigenvalue weighted by Gasteiger charge is 2.27. The maximum atomic E-state index is 4.99. The molecule has 0 unspecified atom stereocenters. The molecule has 0 fully saturated rings. The Balaban J connectivity index is 1.63. The van der Waals surface area contributed by atoms with Crippen molar-refractivity contribution in [2.24, 2.45) is 0 Å². The maximum absolute atomic E-state index is 4.99.